The summed E-state index contributed by atoms with van der Waals surface area (Å²) >= 11 is 0. The molecule has 0 spiro atoms. The van der Waals surface area contributed by atoms with E-state index < -0.39 is 5.41 Å². The molecular formula is C23H22O3. The predicted octanol–water partition coefficient (Wildman–Crippen LogP) is 4.89. The smallest absolute Gasteiger partial charge is 0.177 e. The summed E-state index contributed by atoms with van der Waals surface area (Å²) in [6.45, 7) is 1.97. The van der Waals surface area contributed by atoms with Gasteiger partial charge in [-0.3, -0.25) is 4.79 Å². The van der Waals surface area contributed by atoms with Gasteiger partial charge in [-0.2, -0.15) is 0 Å². The fraction of sp³-hybridized carbons (Fsp3) is 0.174. The van der Waals surface area contributed by atoms with Crippen molar-refractivity contribution in [2.75, 3.05) is 14.2 Å². The summed E-state index contributed by atoms with van der Waals surface area (Å²) in [6, 6.07) is 24.8. The number of carbonyl (C=O) groups is 1. The summed E-state index contributed by atoms with van der Waals surface area (Å²) in [5.41, 5.74) is 1.71. The van der Waals surface area contributed by atoms with Crippen molar-refractivity contribution in [1.82, 2.24) is 0 Å². The van der Waals surface area contributed by atoms with Gasteiger partial charge < -0.3 is 9.47 Å². The minimum Gasteiger partial charge on any atom is -0.497 e. The van der Waals surface area contributed by atoms with Gasteiger partial charge in [0.25, 0.3) is 0 Å². The Labute approximate surface area is 154 Å². The Hall–Kier alpha value is -3.07. The molecule has 1 unspecified atom stereocenters. The highest BCUT2D eigenvalue weighted by Crippen LogP contribution is 2.36. The molecule has 3 aromatic carbocycles. The highest BCUT2D eigenvalue weighted by Gasteiger charge is 2.37. The van der Waals surface area contributed by atoms with Crippen LogP contribution in [-0.2, 0) is 5.41 Å². The molecule has 0 amide bonds. The number of Topliss-reactive ketones (excluding diaryl/α,β-unsaturated/α-hetero) is 1. The van der Waals surface area contributed by atoms with Gasteiger partial charge in [-0.1, -0.05) is 42.5 Å². The third-order valence-electron chi connectivity index (χ3n) is 4.82. The Balaban J connectivity index is 2.11. The second kappa shape index (κ2) is 7.44. The number of carbonyl (C=O) groups excluding carboxylic acids is 1. The molecular weight excluding hydrogens is 324 g/mol. The molecule has 3 heteroatoms. The zero-order valence-electron chi connectivity index (χ0n) is 15.2. The van der Waals surface area contributed by atoms with Crippen LogP contribution in [0.3, 0.4) is 0 Å². The van der Waals surface area contributed by atoms with E-state index in [0.29, 0.717) is 5.56 Å². The van der Waals surface area contributed by atoms with E-state index in [-0.39, 0.29) is 5.78 Å². The number of hydrogen-bond donors (Lipinski definition) is 0. The summed E-state index contributed by atoms with van der Waals surface area (Å²) in [5, 5.41) is 0. The molecule has 0 saturated heterocycles. The van der Waals surface area contributed by atoms with Crippen molar-refractivity contribution in [2.45, 2.75) is 12.3 Å². The number of ether oxygens (including phenoxy) is 2. The Morgan fingerprint density at radius 3 is 1.65 bits per heavy atom. The van der Waals surface area contributed by atoms with Gasteiger partial charge in [0.05, 0.1) is 19.6 Å². The zero-order valence-corrected chi connectivity index (χ0v) is 15.2. The largest absolute Gasteiger partial charge is 0.497 e. The molecule has 0 radical (unpaired) electrons. The van der Waals surface area contributed by atoms with Crippen LogP contribution in [-0.4, -0.2) is 20.0 Å². The highest BCUT2D eigenvalue weighted by atomic mass is 16.5. The van der Waals surface area contributed by atoms with E-state index in [1.807, 2.05) is 85.8 Å². The lowest BCUT2D eigenvalue weighted by atomic mass is 9.71. The van der Waals surface area contributed by atoms with Crippen molar-refractivity contribution in [3.05, 3.63) is 95.6 Å². The minimum absolute atomic E-state index is 0.0384. The number of hydrogen-bond acceptors (Lipinski definition) is 3. The molecule has 0 heterocycles. The normalized spacial score (nSPS) is 12.9. The van der Waals surface area contributed by atoms with E-state index in [1.165, 1.54) is 0 Å². The Morgan fingerprint density at radius 2 is 1.15 bits per heavy atom. The molecule has 132 valence electrons. The Morgan fingerprint density at radius 1 is 0.692 bits per heavy atom. The van der Waals surface area contributed by atoms with Crippen LogP contribution in [0.2, 0.25) is 0 Å². The van der Waals surface area contributed by atoms with E-state index in [9.17, 15) is 4.79 Å². The van der Waals surface area contributed by atoms with Crippen molar-refractivity contribution in [1.29, 1.82) is 0 Å². The molecule has 0 aliphatic carbocycles. The van der Waals surface area contributed by atoms with Gasteiger partial charge in [0, 0.05) is 5.56 Å². The van der Waals surface area contributed by atoms with E-state index in [2.05, 4.69) is 0 Å². The van der Waals surface area contributed by atoms with Crippen LogP contribution in [0.25, 0.3) is 0 Å². The van der Waals surface area contributed by atoms with Crippen LogP contribution < -0.4 is 9.47 Å². The number of ketones is 1. The van der Waals surface area contributed by atoms with Gasteiger partial charge in [0.15, 0.2) is 5.78 Å². The van der Waals surface area contributed by atoms with Crippen LogP contribution >= 0.6 is 0 Å². The first-order valence-electron chi connectivity index (χ1n) is 8.48. The third-order valence-corrected chi connectivity index (χ3v) is 4.82. The summed E-state index contributed by atoms with van der Waals surface area (Å²) < 4.78 is 10.5. The first kappa shape index (κ1) is 17.7. The second-order valence-electron chi connectivity index (χ2n) is 6.28. The van der Waals surface area contributed by atoms with Gasteiger partial charge >= 0.3 is 0 Å². The molecule has 26 heavy (non-hydrogen) atoms. The lowest BCUT2D eigenvalue weighted by Gasteiger charge is -2.30. The summed E-state index contributed by atoms with van der Waals surface area (Å²) in [5.74, 6) is 1.53. The molecule has 3 aromatic rings. The fourth-order valence-corrected chi connectivity index (χ4v) is 3.16. The van der Waals surface area contributed by atoms with Crippen molar-refractivity contribution >= 4 is 5.78 Å². The van der Waals surface area contributed by atoms with Crippen molar-refractivity contribution in [2.24, 2.45) is 0 Å². The second-order valence-corrected chi connectivity index (χ2v) is 6.28. The average Bonchev–Trinajstić information content (AvgIpc) is 2.73. The minimum atomic E-state index is -0.803. The van der Waals surface area contributed by atoms with Crippen LogP contribution in [0.5, 0.6) is 11.5 Å². The molecule has 3 nitrogen and oxygen atoms in total. The zero-order chi connectivity index (χ0) is 18.6. The molecule has 0 N–H and O–H groups in total. The van der Waals surface area contributed by atoms with E-state index >= 15 is 0 Å². The maximum absolute atomic E-state index is 13.5. The SMILES string of the molecule is COc1ccc(C(=O)C(C)(c2ccccc2)c2ccc(OC)cc2)cc1. The molecule has 3 rings (SSSR count). The van der Waals surface area contributed by atoms with Gasteiger partial charge in [-0.15, -0.1) is 0 Å². The van der Waals surface area contributed by atoms with Crippen LogP contribution in [0, 0.1) is 0 Å². The summed E-state index contributed by atoms with van der Waals surface area (Å²) in [4.78, 5) is 13.5. The Kier molecular flexibility index (Phi) is 5.08. The summed E-state index contributed by atoms with van der Waals surface area (Å²) in [6.07, 6.45) is 0. The average molecular weight is 346 g/mol. The quantitative estimate of drug-likeness (QED) is 0.596. The van der Waals surface area contributed by atoms with Gasteiger partial charge in [-0.05, 0) is 54.4 Å². The molecule has 0 bridgehead atoms. The lowest BCUT2D eigenvalue weighted by Crippen LogP contribution is -2.34. The number of methoxy groups -OCH3 is 2. The molecule has 0 aliphatic heterocycles. The molecule has 0 aliphatic rings. The summed E-state index contributed by atoms with van der Waals surface area (Å²) in [7, 11) is 3.25. The van der Waals surface area contributed by atoms with E-state index in [1.54, 1.807) is 14.2 Å². The number of rotatable bonds is 6. The highest BCUT2D eigenvalue weighted by molar-refractivity contribution is 6.06. The first-order chi connectivity index (χ1) is 12.6. The third kappa shape index (κ3) is 3.21. The molecule has 1 atom stereocenters. The maximum atomic E-state index is 13.5. The number of benzene rings is 3. The standard InChI is InChI=1S/C23H22O3/c1-23(18-7-5-4-6-8-18,19-11-15-21(26-3)16-12-19)22(24)17-9-13-20(25-2)14-10-17/h4-16H,1-3H3. The predicted molar refractivity (Wildman–Crippen MR) is 103 cm³/mol. The van der Waals surface area contributed by atoms with Crippen molar-refractivity contribution < 1.29 is 14.3 Å². The van der Waals surface area contributed by atoms with Crippen LogP contribution in [0.15, 0.2) is 78.9 Å². The lowest BCUT2D eigenvalue weighted by molar-refractivity contribution is 0.0922. The topological polar surface area (TPSA) is 35.5 Å². The van der Waals surface area contributed by atoms with Gasteiger partial charge in [-0.25, -0.2) is 0 Å². The fourth-order valence-electron chi connectivity index (χ4n) is 3.16. The van der Waals surface area contributed by atoms with Gasteiger partial charge in [0.2, 0.25) is 0 Å². The van der Waals surface area contributed by atoms with E-state index in [4.69, 9.17) is 9.47 Å². The van der Waals surface area contributed by atoms with Crippen molar-refractivity contribution in [3.63, 3.8) is 0 Å². The van der Waals surface area contributed by atoms with Crippen LogP contribution in [0.1, 0.15) is 28.4 Å². The van der Waals surface area contributed by atoms with Crippen LogP contribution in [0.4, 0.5) is 0 Å². The monoisotopic (exact) mass is 346 g/mol. The maximum Gasteiger partial charge on any atom is 0.177 e. The van der Waals surface area contributed by atoms with Gasteiger partial charge in [0.1, 0.15) is 11.5 Å². The molecule has 0 fully saturated rings. The van der Waals surface area contributed by atoms with E-state index in [0.717, 1.165) is 22.6 Å². The van der Waals surface area contributed by atoms with Crippen molar-refractivity contribution in [3.8, 4) is 11.5 Å². The first-order valence-corrected chi connectivity index (χ1v) is 8.48. The Bertz CT molecular complexity index is 868. The molecule has 0 aromatic heterocycles. The molecule has 0 saturated carbocycles.